The first kappa shape index (κ1) is 13.0. The van der Waals surface area contributed by atoms with Gasteiger partial charge in [0.05, 0.1) is 6.04 Å². The van der Waals surface area contributed by atoms with E-state index < -0.39 is 0 Å². The lowest BCUT2D eigenvalue weighted by atomic mass is 9.96. The maximum atomic E-state index is 6.04. The second-order valence-corrected chi connectivity index (χ2v) is 4.72. The largest absolute Gasteiger partial charge is 0.271 e. The quantitative estimate of drug-likeness (QED) is 0.657. The molecular formula is C14H16ClN3. The molecule has 0 aliphatic heterocycles. The molecular weight excluding hydrogens is 246 g/mol. The summed E-state index contributed by atoms with van der Waals surface area (Å²) in [6.45, 7) is 2.06. The van der Waals surface area contributed by atoms with Gasteiger partial charge in [0.25, 0.3) is 0 Å². The molecule has 1 aromatic heterocycles. The number of benzene rings is 1. The Morgan fingerprint density at radius 2 is 2.00 bits per heavy atom. The molecule has 0 spiro atoms. The summed E-state index contributed by atoms with van der Waals surface area (Å²) in [6.07, 6.45) is 4.38. The Morgan fingerprint density at radius 3 is 2.67 bits per heavy atom. The topological polar surface area (TPSA) is 50.9 Å². The Kier molecular flexibility index (Phi) is 4.31. The van der Waals surface area contributed by atoms with E-state index >= 15 is 0 Å². The lowest BCUT2D eigenvalue weighted by Crippen LogP contribution is -2.30. The van der Waals surface area contributed by atoms with Crippen molar-refractivity contribution in [2.24, 2.45) is 5.84 Å². The van der Waals surface area contributed by atoms with Gasteiger partial charge in [0.2, 0.25) is 0 Å². The van der Waals surface area contributed by atoms with Gasteiger partial charge in [-0.25, -0.2) is 0 Å². The Labute approximate surface area is 112 Å². The number of nitrogens with two attached hydrogens (primary N) is 1. The average molecular weight is 262 g/mol. The van der Waals surface area contributed by atoms with Crippen molar-refractivity contribution in [2.45, 2.75) is 19.4 Å². The van der Waals surface area contributed by atoms with Crippen molar-refractivity contribution < 1.29 is 0 Å². The van der Waals surface area contributed by atoms with Gasteiger partial charge in [-0.1, -0.05) is 17.7 Å². The van der Waals surface area contributed by atoms with Gasteiger partial charge in [-0.2, -0.15) is 0 Å². The molecule has 94 valence electrons. The van der Waals surface area contributed by atoms with Crippen LogP contribution in [0.25, 0.3) is 0 Å². The second-order valence-electron chi connectivity index (χ2n) is 4.28. The maximum Gasteiger partial charge on any atom is 0.0503 e. The van der Waals surface area contributed by atoms with Crippen molar-refractivity contribution in [3.8, 4) is 0 Å². The highest BCUT2D eigenvalue weighted by atomic mass is 35.5. The van der Waals surface area contributed by atoms with Gasteiger partial charge < -0.3 is 0 Å². The fourth-order valence-corrected chi connectivity index (χ4v) is 2.18. The highest BCUT2D eigenvalue weighted by Crippen LogP contribution is 2.24. The third-order valence-electron chi connectivity index (χ3n) is 3.01. The number of hydrogen-bond acceptors (Lipinski definition) is 3. The summed E-state index contributed by atoms with van der Waals surface area (Å²) in [7, 11) is 0. The summed E-state index contributed by atoms with van der Waals surface area (Å²) in [5.41, 5.74) is 6.35. The van der Waals surface area contributed by atoms with E-state index in [-0.39, 0.29) is 6.04 Å². The molecule has 2 aromatic rings. The minimum Gasteiger partial charge on any atom is -0.271 e. The van der Waals surface area contributed by atoms with E-state index in [1.807, 2.05) is 30.3 Å². The Balaban J connectivity index is 2.26. The zero-order valence-electron chi connectivity index (χ0n) is 10.2. The molecule has 0 aliphatic rings. The molecule has 4 heteroatoms. The van der Waals surface area contributed by atoms with Gasteiger partial charge in [-0.05, 0) is 54.3 Å². The van der Waals surface area contributed by atoms with Gasteiger partial charge in [0.1, 0.15) is 0 Å². The van der Waals surface area contributed by atoms with E-state index in [1.165, 1.54) is 11.1 Å². The molecule has 18 heavy (non-hydrogen) atoms. The van der Waals surface area contributed by atoms with Gasteiger partial charge in [0.15, 0.2) is 0 Å². The summed E-state index contributed by atoms with van der Waals surface area (Å²) in [4.78, 5) is 4.01. The van der Waals surface area contributed by atoms with E-state index in [9.17, 15) is 0 Å². The van der Waals surface area contributed by atoms with Crippen LogP contribution >= 0.6 is 11.6 Å². The molecule has 1 unspecified atom stereocenters. The predicted molar refractivity (Wildman–Crippen MR) is 74.2 cm³/mol. The lowest BCUT2D eigenvalue weighted by molar-refractivity contribution is 0.549. The van der Waals surface area contributed by atoms with Gasteiger partial charge in [-0.15, -0.1) is 0 Å². The first-order valence-electron chi connectivity index (χ1n) is 5.82. The molecule has 0 saturated heterocycles. The standard InChI is InChI=1S/C14H16ClN3/c1-10-2-3-12(15)9-13(10)14(18-16)8-11-4-6-17-7-5-11/h2-7,9,14,18H,8,16H2,1H3. The fourth-order valence-electron chi connectivity index (χ4n) is 2.00. The molecule has 3 N–H and O–H groups in total. The van der Waals surface area contributed by atoms with E-state index in [2.05, 4.69) is 17.3 Å². The van der Waals surface area contributed by atoms with E-state index in [0.29, 0.717) is 0 Å². The molecule has 0 aliphatic carbocycles. The van der Waals surface area contributed by atoms with Crippen LogP contribution in [-0.2, 0) is 6.42 Å². The molecule has 1 aromatic carbocycles. The van der Waals surface area contributed by atoms with Crippen molar-refractivity contribution in [2.75, 3.05) is 0 Å². The number of halogens is 1. The van der Waals surface area contributed by atoms with Crippen LogP contribution in [0.3, 0.4) is 0 Å². The van der Waals surface area contributed by atoms with Gasteiger partial charge in [-0.3, -0.25) is 16.3 Å². The van der Waals surface area contributed by atoms with E-state index in [1.54, 1.807) is 12.4 Å². The van der Waals surface area contributed by atoms with Crippen LogP contribution in [0.15, 0.2) is 42.7 Å². The molecule has 0 saturated carbocycles. The molecule has 0 radical (unpaired) electrons. The van der Waals surface area contributed by atoms with Crippen molar-refractivity contribution >= 4 is 11.6 Å². The highest BCUT2D eigenvalue weighted by Gasteiger charge is 2.13. The minimum atomic E-state index is 0.0473. The minimum absolute atomic E-state index is 0.0473. The molecule has 0 fully saturated rings. The van der Waals surface area contributed by atoms with Gasteiger partial charge in [0, 0.05) is 17.4 Å². The molecule has 1 atom stereocenters. The molecule has 0 bridgehead atoms. The number of hydrogen-bond donors (Lipinski definition) is 2. The third kappa shape index (κ3) is 3.07. The van der Waals surface area contributed by atoms with Crippen LogP contribution in [0.5, 0.6) is 0 Å². The Morgan fingerprint density at radius 1 is 1.28 bits per heavy atom. The summed E-state index contributed by atoms with van der Waals surface area (Å²) in [5.74, 6) is 5.66. The second kappa shape index (κ2) is 5.96. The Bertz CT molecular complexity index is 514. The van der Waals surface area contributed by atoms with Crippen molar-refractivity contribution in [3.63, 3.8) is 0 Å². The summed E-state index contributed by atoms with van der Waals surface area (Å²) >= 11 is 6.04. The van der Waals surface area contributed by atoms with E-state index in [0.717, 1.165) is 17.0 Å². The number of pyridine rings is 1. The SMILES string of the molecule is Cc1ccc(Cl)cc1C(Cc1ccncc1)NN. The molecule has 0 amide bonds. The first-order chi connectivity index (χ1) is 8.70. The summed E-state index contributed by atoms with van der Waals surface area (Å²) < 4.78 is 0. The smallest absolute Gasteiger partial charge is 0.0503 e. The first-order valence-corrected chi connectivity index (χ1v) is 6.19. The number of rotatable bonds is 4. The molecule has 2 rings (SSSR count). The van der Waals surface area contributed by atoms with Gasteiger partial charge >= 0.3 is 0 Å². The predicted octanol–water partition coefficient (Wildman–Crippen LogP) is 2.79. The van der Waals surface area contributed by atoms with Crippen LogP contribution in [0, 0.1) is 6.92 Å². The van der Waals surface area contributed by atoms with Crippen LogP contribution in [-0.4, -0.2) is 4.98 Å². The normalized spacial score (nSPS) is 12.4. The lowest BCUT2D eigenvalue weighted by Gasteiger charge is -2.19. The van der Waals surface area contributed by atoms with Crippen molar-refractivity contribution in [1.29, 1.82) is 0 Å². The van der Waals surface area contributed by atoms with Crippen LogP contribution in [0.2, 0.25) is 5.02 Å². The number of aryl methyl sites for hydroxylation is 1. The average Bonchev–Trinajstić information content (AvgIpc) is 2.40. The van der Waals surface area contributed by atoms with Crippen molar-refractivity contribution in [3.05, 3.63) is 64.4 Å². The Hall–Kier alpha value is -1.42. The van der Waals surface area contributed by atoms with Crippen LogP contribution in [0.1, 0.15) is 22.7 Å². The number of nitrogens with one attached hydrogen (secondary N) is 1. The summed E-state index contributed by atoms with van der Waals surface area (Å²) in [6, 6.07) is 9.89. The third-order valence-corrected chi connectivity index (χ3v) is 3.24. The van der Waals surface area contributed by atoms with Crippen LogP contribution in [0.4, 0.5) is 0 Å². The fraction of sp³-hybridized carbons (Fsp3) is 0.214. The van der Waals surface area contributed by atoms with Crippen molar-refractivity contribution in [1.82, 2.24) is 10.4 Å². The zero-order chi connectivity index (χ0) is 13.0. The van der Waals surface area contributed by atoms with Crippen LogP contribution < -0.4 is 11.3 Å². The number of nitrogens with zero attached hydrogens (tertiary/aromatic N) is 1. The molecule has 1 heterocycles. The zero-order valence-corrected chi connectivity index (χ0v) is 11.0. The summed E-state index contributed by atoms with van der Waals surface area (Å²) in [5, 5.41) is 0.727. The van der Waals surface area contributed by atoms with E-state index in [4.69, 9.17) is 17.4 Å². The number of aromatic nitrogens is 1. The monoisotopic (exact) mass is 261 g/mol. The molecule has 3 nitrogen and oxygen atoms in total. The maximum absolute atomic E-state index is 6.04. The number of hydrazine groups is 1. The highest BCUT2D eigenvalue weighted by molar-refractivity contribution is 6.30.